The van der Waals surface area contributed by atoms with Gasteiger partial charge in [0.1, 0.15) is 5.75 Å². The molecule has 1 heterocycles. The second-order valence-corrected chi connectivity index (χ2v) is 5.45. The lowest BCUT2D eigenvalue weighted by molar-refractivity contribution is -0.0505. The molecule has 0 saturated carbocycles. The number of hydrogen-bond donors (Lipinski definition) is 2. The second kappa shape index (κ2) is 12.8. The van der Waals surface area contributed by atoms with Gasteiger partial charge in [0.2, 0.25) is 6.79 Å². The number of hydrogen-bond acceptors (Lipinski definition) is 5. The van der Waals surface area contributed by atoms with Gasteiger partial charge in [0, 0.05) is 45.0 Å². The highest BCUT2D eigenvalue weighted by Crippen LogP contribution is 2.38. The van der Waals surface area contributed by atoms with Gasteiger partial charge < -0.3 is 29.6 Å². The van der Waals surface area contributed by atoms with E-state index in [1.54, 1.807) is 13.1 Å². The van der Waals surface area contributed by atoms with Crippen LogP contribution in [0, 0.1) is 0 Å². The molecular weight excluding hydrogens is 475 g/mol. The zero-order valence-electron chi connectivity index (χ0n) is 15.4. The standard InChI is InChI=1S/C17H25F2N3O4.HI/c1-3-23-7-5-4-6-21-17(20-2)22-10-12-8-14-15(25-11-24-14)9-13(12)26-16(18)19;/h8-9,16H,3-7,10-11H2,1-2H3,(H2,20,21,22);1H. The van der Waals surface area contributed by atoms with Crippen LogP contribution in [0.5, 0.6) is 17.2 Å². The van der Waals surface area contributed by atoms with Crippen LogP contribution in [0.4, 0.5) is 8.78 Å². The molecule has 0 amide bonds. The molecule has 0 aromatic heterocycles. The number of guanidine groups is 1. The van der Waals surface area contributed by atoms with E-state index in [9.17, 15) is 8.78 Å². The Hall–Kier alpha value is -1.56. The molecule has 2 N–H and O–H groups in total. The molecule has 0 aliphatic carbocycles. The number of nitrogens with one attached hydrogen (secondary N) is 2. The average Bonchev–Trinajstić information content (AvgIpc) is 3.07. The molecule has 0 bridgehead atoms. The van der Waals surface area contributed by atoms with Gasteiger partial charge in [-0.15, -0.1) is 24.0 Å². The topological polar surface area (TPSA) is 73.3 Å². The van der Waals surface area contributed by atoms with E-state index in [-0.39, 0.29) is 43.1 Å². The molecule has 7 nitrogen and oxygen atoms in total. The Kier molecular flexibility index (Phi) is 11.1. The zero-order chi connectivity index (χ0) is 18.8. The number of benzene rings is 1. The van der Waals surface area contributed by atoms with E-state index in [0.717, 1.165) is 32.6 Å². The van der Waals surface area contributed by atoms with Gasteiger partial charge in [0.05, 0.1) is 0 Å². The van der Waals surface area contributed by atoms with Crippen LogP contribution in [-0.2, 0) is 11.3 Å². The molecule has 0 spiro atoms. The summed E-state index contributed by atoms with van der Waals surface area (Å²) in [6, 6.07) is 3.04. The van der Waals surface area contributed by atoms with E-state index in [1.165, 1.54) is 6.07 Å². The highest BCUT2D eigenvalue weighted by Gasteiger charge is 2.20. The van der Waals surface area contributed by atoms with Crippen LogP contribution >= 0.6 is 24.0 Å². The van der Waals surface area contributed by atoms with Gasteiger partial charge in [-0.1, -0.05) is 0 Å². The van der Waals surface area contributed by atoms with Crippen molar-refractivity contribution in [2.45, 2.75) is 32.9 Å². The summed E-state index contributed by atoms with van der Waals surface area (Å²) in [4.78, 5) is 4.12. The summed E-state index contributed by atoms with van der Waals surface area (Å²) in [6.45, 7) is 1.53. The molecule has 0 radical (unpaired) electrons. The summed E-state index contributed by atoms with van der Waals surface area (Å²) in [7, 11) is 1.64. The summed E-state index contributed by atoms with van der Waals surface area (Å²) >= 11 is 0. The third-order valence-electron chi connectivity index (χ3n) is 3.65. The number of unbranched alkanes of at least 4 members (excludes halogenated alkanes) is 1. The lowest BCUT2D eigenvalue weighted by Gasteiger charge is -2.15. The van der Waals surface area contributed by atoms with Gasteiger partial charge in [-0.25, -0.2) is 0 Å². The van der Waals surface area contributed by atoms with E-state index in [2.05, 4.69) is 20.4 Å². The predicted octanol–water partition coefficient (Wildman–Crippen LogP) is 3.12. The highest BCUT2D eigenvalue weighted by atomic mass is 127. The van der Waals surface area contributed by atoms with Gasteiger partial charge in [0.15, 0.2) is 17.5 Å². The normalized spacial score (nSPS) is 12.7. The summed E-state index contributed by atoms with van der Waals surface area (Å²) in [5, 5.41) is 6.25. The molecular formula is C17H26F2IN3O4. The van der Waals surface area contributed by atoms with Crippen molar-refractivity contribution in [1.82, 2.24) is 10.6 Å². The molecule has 1 aliphatic rings. The molecule has 154 valence electrons. The zero-order valence-corrected chi connectivity index (χ0v) is 17.8. The van der Waals surface area contributed by atoms with Crippen molar-refractivity contribution < 1.29 is 27.7 Å². The molecule has 1 aromatic carbocycles. The number of ether oxygens (including phenoxy) is 4. The van der Waals surface area contributed by atoms with Crippen molar-refractivity contribution in [3.8, 4) is 17.2 Å². The molecule has 2 rings (SSSR count). The first kappa shape index (κ1) is 23.5. The maximum Gasteiger partial charge on any atom is 0.387 e. The monoisotopic (exact) mass is 501 g/mol. The van der Waals surface area contributed by atoms with Gasteiger partial charge >= 0.3 is 6.61 Å². The Bertz CT molecular complexity index is 606. The Morgan fingerprint density at radius 1 is 1.22 bits per heavy atom. The fraction of sp³-hybridized carbons (Fsp3) is 0.588. The minimum absolute atomic E-state index is 0. The molecule has 10 heteroatoms. The van der Waals surface area contributed by atoms with E-state index >= 15 is 0 Å². The van der Waals surface area contributed by atoms with E-state index in [1.807, 2.05) is 6.92 Å². The SMILES string of the molecule is CCOCCCCNC(=NC)NCc1cc2c(cc1OC(F)F)OCO2.I. The number of nitrogens with zero attached hydrogens (tertiary/aromatic N) is 1. The van der Waals surface area contributed by atoms with Crippen molar-refractivity contribution in [3.05, 3.63) is 17.7 Å². The fourth-order valence-corrected chi connectivity index (χ4v) is 2.39. The highest BCUT2D eigenvalue weighted by molar-refractivity contribution is 14.0. The van der Waals surface area contributed by atoms with Crippen molar-refractivity contribution in [1.29, 1.82) is 0 Å². The van der Waals surface area contributed by atoms with Gasteiger partial charge in [0.25, 0.3) is 0 Å². The number of aliphatic imine (C=N–C) groups is 1. The van der Waals surface area contributed by atoms with Crippen LogP contribution in [0.25, 0.3) is 0 Å². The Morgan fingerprint density at radius 3 is 2.63 bits per heavy atom. The van der Waals surface area contributed by atoms with Crippen molar-refractivity contribution in [2.24, 2.45) is 4.99 Å². The molecule has 1 aromatic rings. The first-order chi connectivity index (χ1) is 12.6. The van der Waals surface area contributed by atoms with Crippen molar-refractivity contribution >= 4 is 29.9 Å². The van der Waals surface area contributed by atoms with E-state index in [0.29, 0.717) is 23.0 Å². The summed E-state index contributed by atoms with van der Waals surface area (Å²) < 4.78 is 45.7. The minimum atomic E-state index is -2.92. The Balaban J connectivity index is 0.00000364. The predicted molar refractivity (Wildman–Crippen MR) is 109 cm³/mol. The first-order valence-electron chi connectivity index (χ1n) is 8.53. The van der Waals surface area contributed by atoms with Crippen LogP contribution in [0.2, 0.25) is 0 Å². The van der Waals surface area contributed by atoms with Gasteiger partial charge in [-0.2, -0.15) is 8.78 Å². The number of halogens is 3. The quantitative estimate of drug-likeness (QED) is 0.222. The molecule has 0 fully saturated rings. The maximum atomic E-state index is 12.7. The van der Waals surface area contributed by atoms with Crippen molar-refractivity contribution in [2.75, 3.05) is 33.6 Å². The second-order valence-electron chi connectivity index (χ2n) is 5.45. The van der Waals surface area contributed by atoms with E-state index in [4.69, 9.17) is 14.2 Å². The average molecular weight is 501 g/mol. The van der Waals surface area contributed by atoms with Crippen LogP contribution in [0.3, 0.4) is 0 Å². The van der Waals surface area contributed by atoms with Crippen molar-refractivity contribution in [3.63, 3.8) is 0 Å². The Labute approximate surface area is 174 Å². The maximum absolute atomic E-state index is 12.7. The third kappa shape index (κ3) is 7.91. The number of fused-ring (bicyclic) bond motifs is 1. The van der Waals surface area contributed by atoms with Crippen LogP contribution in [0.1, 0.15) is 25.3 Å². The van der Waals surface area contributed by atoms with Gasteiger partial charge in [-0.05, 0) is 25.8 Å². The summed E-state index contributed by atoms with van der Waals surface area (Å²) in [5.41, 5.74) is 0.522. The molecule has 0 saturated heterocycles. The molecule has 0 unspecified atom stereocenters. The third-order valence-corrected chi connectivity index (χ3v) is 3.65. The first-order valence-corrected chi connectivity index (χ1v) is 8.53. The summed E-state index contributed by atoms with van der Waals surface area (Å²) in [5.74, 6) is 1.51. The van der Waals surface area contributed by atoms with Crippen LogP contribution in [0.15, 0.2) is 17.1 Å². The lowest BCUT2D eigenvalue weighted by Crippen LogP contribution is -2.37. The van der Waals surface area contributed by atoms with Crippen LogP contribution in [-0.4, -0.2) is 46.2 Å². The summed E-state index contributed by atoms with van der Waals surface area (Å²) in [6.07, 6.45) is 1.89. The fourth-order valence-electron chi connectivity index (χ4n) is 2.39. The minimum Gasteiger partial charge on any atom is -0.454 e. The van der Waals surface area contributed by atoms with E-state index < -0.39 is 6.61 Å². The Morgan fingerprint density at radius 2 is 1.96 bits per heavy atom. The number of rotatable bonds is 10. The largest absolute Gasteiger partial charge is 0.454 e. The smallest absolute Gasteiger partial charge is 0.387 e. The van der Waals surface area contributed by atoms with Crippen LogP contribution < -0.4 is 24.8 Å². The molecule has 27 heavy (non-hydrogen) atoms. The lowest BCUT2D eigenvalue weighted by atomic mass is 10.1. The molecule has 0 atom stereocenters. The number of alkyl halides is 2. The molecule has 1 aliphatic heterocycles. The van der Waals surface area contributed by atoms with Gasteiger partial charge in [-0.3, -0.25) is 4.99 Å².